The van der Waals surface area contributed by atoms with Crippen LogP contribution in [-0.4, -0.2) is 20.3 Å². The Morgan fingerprint density at radius 1 is 1.14 bits per heavy atom. The number of ketones is 1. The number of benzene rings is 1. The van der Waals surface area contributed by atoms with Crippen molar-refractivity contribution >= 4 is 11.4 Å². The number of fused-ring (bicyclic) bond motifs is 1. The van der Waals surface area contributed by atoms with Gasteiger partial charge in [-0.05, 0) is 18.6 Å². The van der Waals surface area contributed by atoms with E-state index >= 15 is 0 Å². The van der Waals surface area contributed by atoms with Gasteiger partial charge in [-0.25, -0.2) is 0 Å². The van der Waals surface area contributed by atoms with E-state index in [4.69, 9.17) is 0 Å². The summed E-state index contributed by atoms with van der Waals surface area (Å²) in [6.07, 6.45) is 1.53. The van der Waals surface area contributed by atoms with Gasteiger partial charge in [0.2, 0.25) is 11.7 Å². The summed E-state index contributed by atoms with van der Waals surface area (Å²) in [6, 6.07) is 11.8. The fourth-order valence-electron chi connectivity index (χ4n) is 2.22. The van der Waals surface area contributed by atoms with Gasteiger partial charge in [0.1, 0.15) is 5.65 Å². The summed E-state index contributed by atoms with van der Waals surface area (Å²) in [7, 11) is 0. The highest BCUT2D eigenvalue weighted by atomic mass is 16.3. The third-order valence-corrected chi connectivity index (χ3v) is 3.29. The second-order valence-corrected chi connectivity index (χ2v) is 4.70. The summed E-state index contributed by atoms with van der Waals surface area (Å²) in [5.74, 6) is -1.08. The van der Waals surface area contributed by atoms with Gasteiger partial charge in [-0.1, -0.05) is 36.4 Å². The number of carbonyl (C=O) groups excluding carboxylic acids is 1. The van der Waals surface area contributed by atoms with Gasteiger partial charge in [0.15, 0.2) is 5.56 Å². The maximum absolute atomic E-state index is 12.5. The predicted molar refractivity (Wildman–Crippen MR) is 77.7 cm³/mol. The van der Waals surface area contributed by atoms with E-state index in [1.54, 1.807) is 49.4 Å². The summed E-state index contributed by atoms with van der Waals surface area (Å²) in [4.78, 5) is 28.8. The molecule has 1 aromatic carbocycles. The van der Waals surface area contributed by atoms with E-state index in [1.165, 1.54) is 10.6 Å². The standard InChI is InChI=1S/C16H12N2O3/c1-10-6-5-9-18-14(10)17-15(20)12(16(18)21)13(19)11-7-3-2-4-8-11/h2-9,20H,1H3. The smallest absolute Gasteiger partial charge is 0.273 e. The minimum Gasteiger partial charge on any atom is -0.493 e. The van der Waals surface area contributed by atoms with Crippen LogP contribution in [-0.2, 0) is 0 Å². The van der Waals surface area contributed by atoms with Crippen molar-refractivity contribution in [2.24, 2.45) is 0 Å². The molecule has 0 saturated carbocycles. The molecular formula is C16H12N2O3. The molecule has 0 aliphatic carbocycles. The first kappa shape index (κ1) is 13.1. The number of rotatable bonds is 2. The van der Waals surface area contributed by atoms with Crippen LogP contribution in [0.4, 0.5) is 0 Å². The monoisotopic (exact) mass is 280 g/mol. The SMILES string of the molecule is Cc1cccn2c(=O)c(C(=O)c3ccccc3)c(O)nc12. The van der Waals surface area contributed by atoms with Crippen LogP contribution in [0.3, 0.4) is 0 Å². The lowest BCUT2D eigenvalue weighted by molar-refractivity contribution is 0.103. The van der Waals surface area contributed by atoms with Gasteiger partial charge in [0.05, 0.1) is 0 Å². The maximum atomic E-state index is 12.5. The number of nitrogens with zero attached hydrogens (tertiary/aromatic N) is 2. The van der Waals surface area contributed by atoms with Gasteiger partial charge < -0.3 is 5.11 Å². The molecule has 0 aliphatic rings. The topological polar surface area (TPSA) is 71.7 Å². The van der Waals surface area contributed by atoms with Crippen LogP contribution in [0, 0.1) is 6.92 Å². The fourth-order valence-corrected chi connectivity index (χ4v) is 2.22. The van der Waals surface area contributed by atoms with Gasteiger partial charge in [-0.3, -0.25) is 14.0 Å². The molecule has 3 rings (SSSR count). The molecule has 21 heavy (non-hydrogen) atoms. The number of aromatic nitrogens is 2. The van der Waals surface area contributed by atoms with E-state index < -0.39 is 17.2 Å². The highest BCUT2D eigenvalue weighted by molar-refractivity contribution is 6.10. The Morgan fingerprint density at radius 3 is 2.57 bits per heavy atom. The third-order valence-electron chi connectivity index (χ3n) is 3.29. The molecule has 2 heterocycles. The highest BCUT2D eigenvalue weighted by Crippen LogP contribution is 2.17. The maximum Gasteiger partial charge on any atom is 0.273 e. The van der Waals surface area contributed by atoms with E-state index in [0.29, 0.717) is 11.2 Å². The number of hydrogen-bond donors (Lipinski definition) is 1. The average molecular weight is 280 g/mol. The van der Waals surface area contributed by atoms with E-state index in [-0.39, 0.29) is 5.56 Å². The number of carbonyl (C=O) groups is 1. The molecule has 0 bridgehead atoms. The number of aromatic hydroxyl groups is 1. The summed E-state index contributed by atoms with van der Waals surface area (Å²) in [5.41, 5.74) is 0.520. The number of aryl methyl sites for hydroxylation is 1. The zero-order valence-electron chi connectivity index (χ0n) is 11.3. The first-order valence-electron chi connectivity index (χ1n) is 6.40. The summed E-state index contributed by atoms with van der Waals surface area (Å²) >= 11 is 0. The molecule has 0 fully saturated rings. The Hall–Kier alpha value is -2.95. The minimum atomic E-state index is -0.574. The van der Waals surface area contributed by atoms with Gasteiger partial charge in [-0.15, -0.1) is 0 Å². The first-order valence-corrected chi connectivity index (χ1v) is 6.40. The quantitative estimate of drug-likeness (QED) is 0.728. The Kier molecular flexibility index (Phi) is 3.02. The molecule has 0 unspecified atom stereocenters. The second kappa shape index (κ2) is 4.86. The van der Waals surface area contributed by atoms with Crippen molar-refractivity contribution in [3.05, 3.63) is 75.7 Å². The molecular weight excluding hydrogens is 268 g/mol. The van der Waals surface area contributed by atoms with Gasteiger partial charge in [0, 0.05) is 11.8 Å². The number of hydrogen-bond acceptors (Lipinski definition) is 4. The largest absolute Gasteiger partial charge is 0.493 e. The van der Waals surface area contributed by atoms with E-state index in [9.17, 15) is 14.7 Å². The van der Waals surface area contributed by atoms with Crippen molar-refractivity contribution < 1.29 is 9.90 Å². The lowest BCUT2D eigenvalue weighted by atomic mass is 10.1. The Labute approximate surface area is 120 Å². The lowest BCUT2D eigenvalue weighted by Crippen LogP contribution is -2.24. The first-order chi connectivity index (χ1) is 10.1. The van der Waals surface area contributed by atoms with E-state index in [0.717, 1.165) is 5.56 Å². The van der Waals surface area contributed by atoms with Crippen molar-refractivity contribution in [1.29, 1.82) is 0 Å². The van der Waals surface area contributed by atoms with Crippen LogP contribution in [0.25, 0.3) is 5.65 Å². The molecule has 2 aromatic heterocycles. The molecule has 3 aromatic rings. The summed E-state index contributed by atoms with van der Waals surface area (Å²) < 4.78 is 1.27. The van der Waals surface area contributed by atoms with Crippen LogP contribution < -0.4 is 5.56 Å². The zero-order valence-corrected chi connectivity index (χ0v) is 11.3. The Morgan fingerprint density at radius 2 is 1.86 bits per heavy atom. The molecule has 0 aliphatic heterocycles. The molecule has 5 nitrogen and oxygen atoms in total. The lowest BCUT2D eigenvalue weighted by Gasteiger charge is -2.07. The van der Waals surface area contributed by atoms with Crippen molar-refractivity contribution in [2.75, 3.05) is 0 Å². The summed E-state index contributed by atoms with van der Waals surface area (Å²) in [5, 5.41) is 10.0. The van der Waals surface area contributed by atoms with Crippen LogP contribution in [0.1, 0.15) is 21.5 Å². The van der Waals surface area contributed by atoms with Crippen molar-refractivity contribution in [2.45, 2.75) is 6.92 Å². The molecule has 0 spiro atoms. The van der Waals surface area contributed by atoms with Crippen LogP contribution >= 0.6 is 0 Å². The van der Waals surface area contributed by atoms with Crippen molar-refractivity contribution in [1.82, 2.24) is 9.38 Å². The van der Waals surface area contributed by atoms with Gasteiger partial charge in [-0.2, -0.15) is 4.98 Å². The average Bonchev–Trinajstić information content (AvgIpc) is 2.49. The second-order valence-electron chi connectivity index (χ2n) is 4.70. The van der Waals surface area contributed by atoms with Crippen LogP contribution in [0.15, 0.2) is 53.5 Å². The minimum absolute atomic E-state index is 0.315. The molecule has 0 saturated heterocycles. The molecule has 0 radical (unpaired) electrons. The highest BCUT2D eigenvalue weighted by Gasteiger charge is 2.21. The number of pyridine rings is 1. The van der Waals surface area contributed by atoms with Crippen LogP contribution in [0.5, 0.6) is 5.88 Å². The van der Waals surface area contributed by atoms with E-state index in [2.05, 4.69) is 4.98 Å². The fraction of sp³-hybridized carbons (Fsp3) is 0.0625. The molecule has 5 heteroatoms. The van der Waals surface area contributed by atoms with Crippen molar-refractivity contribution in [3.8, 4) is 5.88 Å². The van der Waals surface area contributed by atoms with Gasteiger partial charge in [0.25, 0.3) is 5.56 Å². The molecule has 104 valence electrons. The third kappa shape index (κ3) is 2.08. The van der Waals surface area contributed by atoms with Crippen LogP contribution in [0.2, 0.25) is 0 Å². The molecule has 1 N–H and O–H groups in total. The molecule has 0 atom stereocenters. The Bertz CT molecular complexity index is 899. The van der Waals surface area contributed by atoms with Gasteiger partial charge >= 0.3 is 0 Å². The van der Waals surface area contributed by atoms with Crippen molar-refractivity contribution in [3.63, 3.8) is 0 Å². The zero-order chi connectivity index (χ0) is 15.0. The predicted octanol–water partition coefficient (Wildman–Crippen LogP) is 1.94. The summed E-state index contributed by atoms with van der Waals surface area (Å²) in [6.45, 7) is 1.78. The van der Waals surface area contributed by atoms with E-state index in [1.807, 2.05) is 0 Å². The molecule has 0 amide bonds. The Balaban J connectivity index is 2.30. The normalized spacial score (nSPS) is 10.7.